The second-order valence-electron chi connectivity index (χ2n) is 12.8. The number of hydrogen-bond acceptors (Lipinski definition) is 4. The van der Waals surface area contributed by atoms with Crippen LogP contribution in [0.1, 0.15) is 67.6 Å². The van der Waals surface area contributed by atoms with E-state index in [1.807, 2.05) is 10.8 Å². The number of carbonyl (C=O) groups excluding carboxylic acids is 1. The predicted octanol–water partition coefficient (Wildman–Crippen LogP) is 5.45. The molecule has 1 amide bonds. The van der Waals surface area contributed by atoms with Crippen LogP contribution in [0.3, 0.4) is 0 Å². The van der Waals surface area contributed by atoms with Gasteiger partial charge in [0.25, 0.3) is 0 Å². The summed E-state index contributed by atoms with van der Waals surface area (Å²) in [6.45, 7) is 8.68. The number of alkyl halides is 3. The molecule has 2 heterocycles. The fourth-order valence-corrected chi connectivity index (χ4v) is 7.63. The fraction of sp³-hybridized carbons (Fsp3) is 0.469. The van der Waals surface area contributed by atoms with Gasteiger partial charge >= 0.3 is 6.18 Å². The number of amides is 1. The molecule has 0 bridgehead atoms. The third-order valence-corrected chi connectivity index (χ3v) is 10.0. The van der Waals surface area contributed by atoms with Crippen LogP contribution in [0, 0.1) is 5.41 Å². The predicted molar refractivity (Wildman–Crippen MR) is 159 cm³/mol. The lowest BCUT2D eigenvalue weighted by Crippen LogP contribution is -2.45. The van der Waals surface area contributed by atoms with Gasteiger partial charge in [0, 0.05) is 50.5 Å². The summed E-state index contributed by atoms with van der Waals surface area (Å²) in [6, 6.07) is 12.8. The molecule has 2 unspecified atom stereocenters. The molecule has 0 fully saturated rings. The van der Waals surface area contributed by atoms with Gasteiger partial charge in [0.05, 0.1) is 16.5 Å². The SMILES string of the molecule is CC(C)(C)CNCc1ccc2c(c1)CCC(NC(=O)CC1c3cccn3CCN1S(=O)(=O)c1cccc(C(F)(F)F)c1)C2. The van der Waals surface area contributed by atoms with Crippen molar-refractivity contribution in [3.63, 3.8) is 0 Å². The Morgan fingerprint density at radius 3 is 2.53 bits per heavy atom. The second kappa shape index (κ2) is 12.1. The minimum absolute atomic E-state index is 0.0436. The average Bonchev–Trinajstić information content (AvgIpc) is 3.42. The van der Waals surface area contributed by atoms with E-state index in [0.717, 1.165) is 38.1 Å². The first-order valence-corrected chi connectivity index (χ1v) is 16.1. The van der Waals surface area contributed by atoms with Crippen molar-refractivity contribution < 1.29 is 26.4 Å². The van der Waals surface area contributed by atoms with E-state index in [1.165, 1.54) is 27.1 Å². The van der Waals surface area contributed by atoms with E-state index in [-0.39, 0.29) is 30.3 Å². The Balaban J connectivity index is 1.28. The maximum atomic E-state index is 13.7. The molecule has 2 atom stereocenters. The quantitative estimate of drug-likeness (QED) is 0.353. The lowest BCUT2D eigenvalue weighted by molar-refractivity contribution is -0.137. The Morgan fingerprint density at radius 2 is 1.79 bits per heavy atom. The highest BCUT2D eigenvalue weighted by Gasteiger charge is 2.39. The molecule has 1 aliphatic heterocycles. The van der Waals surface area contributed by atoms with Crippen LogP contribution in [0.2, 0.25) is 0 Å². The van der Waals surface area contributed by atoms with E-state index >= 15 is 0 Å². The number of aromatic nitrogens is 1. The monoisotopic (exact) mass is 616 g/mol. The number of nitrogens with one attached hydrogen (secondary N) is 2. The zero-order valence-corrected chi connectivity index (χ0v) is 25.6. The molecule has 232 valence electrons. The molecule has 43 heavy (non-hydrogen) atoms. The zero-order chi connectivity index (χ0) is 31.0. The highest BCUT2D eigenvalue weighted by molar-refractivity contribution is 7.89. The van der Waals surface area contributed by atoms with Crippen LogP contribution in [0.15, 0.2) is 65.7 Å². The number of rotatable bonds is 8. The number of fused-ring (bicyclic) bond motifs is 2. The minimum atomic E-state index is -4.68. The minimum Gasteiger partial charge on any atom is -0.353 e. The second-order valence-corrected chi connectivity index (χ2v) is 14.7. The van der Waals surface area contributed by atoms with Crippen molar-refractivity contribution >= 4 is 15.9 Å². The molecule has 1 aromatic heterocycles. The molecule has 0 saturated carbocycles. The van der Waals surface area contributed by atoms with E-state index in [4.69, 9.17) is 0 Å². The molecule has 0 radical (unpaired) electrons. The Kier molecular flexibility index (Phi) is 8.79. The molecule has 2 aromatic carbocycles. The van der Waals surface area contributed by atoms with Gasteiger partial charge in [-0.3, -0.25) is 4.79 Å². The van der Waals surface area contributed by atoms with Gasteiger partial charge in [-0.2, -0.15) is 17.5 Å². The maximum Gasteiger partial charge on any atom is 0.416 e. The van der Waals surface area contributed by atoms with E-state index in [9.17, 15) is 26.4 Å². The molecule has 7 nitrogen and oxygen atoms in total. The molecule has 5 rings (SSSR count). The van der Waals surface area contributed by atoms with E-state index < -0.39 is 32.7 Å². The largest absolute Gasteiger partial charge is 0.416 e. The van der Waals surface area contributed by atoms with Crippen molar-refractivity contribution in [2.75, 3.05) is 13.1 Å². The number of halogens is 3. The van der Waals surface area contributed by atoms with Gasteiger partial charge in [-0.1, -0.05) is 45.0 Å². The lowest BCUT2D eigenvalue weighted by atomic mass is 9.87. The van der Waals surface area contributed by atoms with Crippen molar-refractivity contribution in [3.8, 4) is 0 Å². The number of hydrogen-bond donors (Lipinski definition) is 2. The van der Waals surface area contributed by atoms with Gasteiger partial charge in [0.1, 0.15) is 0 Å². The van der Waals surface area contributed by atoms with Gasteiger partial charge < -0.3 is 15.2 Å². The van der Waals surface area contributed by atoms with Crippen LogP contribution < -0.4 is 10.6 Å². The maximum absolute atomic E-state index is 13.7. The molecule has 2 N–H and O–H groups in total. The summed E-state index contributed by atoms with van der Waals surface area (Å²) in [5, 5.41) is 6.61. The smallest absolute Gasteiger partial charge is 0.353 e. The molecule has 3 aromatic rings. The average molecular weight is 617 g/mol. The van der Waals surface area contributed by atoms with Crippen molar-refractivity contribution in [1.82, 2.24) is 19.5 Å². The molecular weight excluding hydrogens is 577 g/mol. The number of benzene rings is 2. The van der Waals surface area contributed by atoms with E-state index in [2.05, 4.69) is 49.6 Å². The lowest BCUT2D eigenvalue weighted by Gasteiger charge is -2.36. The van der Waals surface area contributed by atoms with Gasteiger partial charge in [-0.05, 0) is 71.7 Å². The normalized spacial score (nSPS) is 19.5. The Bertz CT molecular complexity index is 1580. The van der Waals surface area contributed by atoms with Crippen LogP contribution in [0.5, 0.6) is 0 Å². The van der Waals surface area contributed by atoms with Crippen LogP contribution in [0.25, 0.3) is 0 Å². The van der Waals surface area contributed by atoms with Crippen molar-refractivity contribution in [2.24, 2.45) is 5.41 Å². The topological polar surface area (TPSA) is 83.4 Å². The molecule has 0 saturated heterocycles. The molecule has 11 heteroatoms. The zero-order valence-electron chi connectivity index (χ0n) is 24.7. The number of sulfonamides is 1. The number of nitrogens with zero attached hydrogens (tertiary/aromatic N) is 2. The van der Waals surface area contributed by atoms with Crippen LogP contribution in [-0.2, 0) is 46.9 Å². The summed E-state index contributed by atoms with van der Waals surface area (Å²) in [5.41, 5.74) is 3.51. The van der Waals surface area contributed by atoms with Gasteiger partial charge in [0.2, 0.25) is 15.9 Å². The van der Waals surface area contributed by atoms with Crippen LogP contribution in [-0.4, -0.2) is 42.3 Å². The summed E-state index contributed by atoms with van der Waals surface area (Å²) >= 11 is 0. The van der Waals surface area contributed by atoms with E-state index in [1.54, 1.807) is 12.1 Å². The Hall–Kier alpha value is -3.15. The Morgan fingerprint density at radius 1 is 1.00 bits per heavy atom. The standard InChI is InChI=1S/C32H39F3N4O3S/c1-31(2,3)21-36-20-22-9-10-24-17-26(12-11-23(24)16-22)37-30(40)19-29-28-8-5-13-38(28)14-15-39(29)43(41,42)27-7-4-6-25(18-27)32(33,34)35/h4-10,13,16,18,26,29,36H,11-12,14-15,17,19-21H2,1-3H3,(H,37,40). The summed E-state index contributed by atoms with van der Waals surface area (Å²) in [6.07, 6.45) is -0.710. The summed E-state index contributed by atoms with van der Waals surface area (Å²) in [4.78, 5) is 12.9. The van der Waals surface area contributed by atoms with Crippen molar-refractivity contribution in [1.29, 1.82) is 0 Å². The van der Waals surface area contributed by atoms with Crippen molar-refractivity contribution in [2.45, 2.75) is 82.7 Å². The summed E-state index contributed by atoms with van der Waals surface area (Å²) < 4.78 is 70.5. The highest BCUT2D eigenvalue weighted by Crippen LogP contribution is 2.36. The molecular formula is C32H39F3N4O3S. The van der Waals surface area contributed by atoms with Crippen LogP contribution >= 0.6 is 0 Å². The molecule has 2 aliphatic rings. The first-order valence-electron chi connectivity index (χ1n) is 14.7. The first kappa shape index (κ1) is 31.3. The van der Waals surface area contributed by atoms with Crippen LogP contribution in [0.4, 0.5) is 13.2 Å². The third-order valence-electron chi connectivity index (χ3n) is 8.11. The van der Waals surface area contributed by atoms with Gasteiger partial charge in [-0.25, -0.2) is 8.42 Å². The number of aryl methyl sites for hydroxylation is 1. The number of carbonyl (C=O) groups is 1. The summed E-state index contributed by atoms with van der Waals surface area (Å²) in [7, 11) is -4.32. The third kappa shape index (κ3) is 7.33. The molecule has 1 aliphatic carbocycles. The van der Waals surface area contributed by atoms with Gasteiger partial charge in [-0.15, -0.1) is 0 Å². The van der Waals surface area contributed by atoms with Crippen molar-refractivity contribution in [3.05, 3.63) is 88.7 Å². The first-order chi connectivity index (χ1) is 20.2. The fourth-order valence-electron chi connectivity index (χ4n) is 5.99. The summed E-state index contributed by atoms with van der Waals surface area (Å²) in [5.74, 6) is -0.291. The highest BCUT2D eigenvalue weighted by atomic mass is 32.2. The Labute approximate surface area is 251 Å². The molecule has 0 spiro atoms. The van der Waals surface area contributed by atoms with Gasteiger partial charge in [0.15, 0.2) is 0 Å². The van der Waals surface area contributed by atoms with E-state index in [0.29, 0.717) is 24.7 Å².